The lowest BCUT2D eigenvalue weighted by atomic mass is 10.2. The summed E-state index contributed by atoms with van der Waals surface area (Å²) in [7, 11) is 0. The van der Waals surface area contributed by atoms with Gasteiger partial charge in [0.15, 0.2) is 5.43 Å². The minimum Gasteiger partial charge on any atom is -0.361 e. The van der Waals surface area contributed by atoms with E-state index in [2.05, 4.69) is 15.3 Å². The monoisotopic (exact) mass is 237 g/mol. The first-order valence-electron chi connectivity index (χ1n) is 5.63. The van der Waals surface area contributed by atoms with Gasteiger partial charge in [-0.3, -0.25) is 4.79 Å². The van der Waals surface area contributed by atoms with Gasteiger partial charge in [-0.15, -0.1) is 0 Å². The molecule has 0 spiro atoms. The number of nitrogens with one attached hydrogen (secondary N) is 2. The van der Waals surface area contributed by atoms with E-state index in [0.29, 0.717) is 11.2 Å². The lowest BCUT2D eigenvalue weighted by Gasteiger charge is -2.07. The molecule has 0 fully saturated rings. The molecule has 88 valence electrons. The van der Waals surface area contributed by atoms with E-state index >= 15 is 0 Å². The van der Waals surface area contributed by atoms with Gasteiger partial charge >= 0.3 is 0 Å². The van der Waals surface area contributed by atoms with Crippen molar-refractivity contribution in [1.29, 1.82) is 0 Å². The van der Waals surface area contributed by atoms with Crippen LogP contribution in [0.5, 0.6) is 0 Å². The molecule has 0 aliphatic heterocycles. The van der Waals surface area contributed by atoms with E-state index in [1.54, 1.807) is 18.5 Å². The third kappa shape index (κ3) is 1.84. The molecule has 2 heterocycles. The maximum Gasteiger partial charge on any atom is 0.193 e. The van der Waals surface area contributed by atoms with E-state index in [1.807, 2.05) is 30.3 Å². The zero-order valence-electron chi connectivity index (χ0n) is 9.55. The van der Waals surface area contributed by atoms with Crippen LogP contribution in [0.1, 0.15) is 0 Å². The number of nitrogens with zero attached hydrogens (tertiary/aromatic N) is 1. The fourth-order valence-electron chi connectivity index (χ4n) is 1.87. The largest absolute Gasteiger partial charge is 0.361 e. The molecule has 2 aromatic heterocycles. The molecule has 0 aliphatic rings. The number of para-hydroxylation sites is 1. The highest BCUT2D eigenvalue weighted by molar-refractivity contribution is 5.90. The molecule has 0 bridgehead atoms. The third-order valence-electron chi connectivity index (χ3n) is 2.71. The van der Waals surface area contributed by atoms with Gasteiger partial charge in [0.2, 0.25) is 0 Å². The summed E-state index contributed by atoms with van der Waals surface area (Å²) in [5, 5.41) is 3.73. The second kappa shape index (κ2) is 4.33. The van der Waals surface area contributed by atoms with Gasteiger partial charge in [0, 0.05) is 24.1 Å². The molecule has 3 aromatic rings. The smallest absolute Gasteiger partial charge is 0.193 e. The van der Waals surface area contributed by atoms with Crippen LogP contribution < -0.4 is 10.7 Å². The first kappa shape index (κ1) is 10.5. The molecular formula is C14H11N3O. The average Bonchev–Trinajstić information content (AvgIpc) is 2.40. The van der Waals surface area contributed by atoms with Gasteiger partial charge in [-0.1, -0.05) is 18.2 Å². The van der Waals surface area contributed by atoms with Crippen molar-refractivity contribution in [2.75, 3.05) is 5.32 Å². The van der Waals surface area contributed by atoms with Crippen molar-refractivity contribution >= 4 is 22.4 Å². The highest BCUT2D eigenvalue weighted by Crippen LogP contribution is 2.19. The summed E-state index contributed by atoms with van der Waals surface area (Å²) in [6.07, 6.45) is 3.31. The Morgan fingerprint density at radius 3 is 2.72 bits per heavy atom. The van der Waals surface area contributed by atoms with Crippen LogP contribution in [0.25, 0.3) is 10.9 Å². The maximum atomic E-state index is 11.9. The SMILES string of the molecule is O=c1cc[nH]c2ccnc(Nc3ccccc3)c12. The second-order valence-corrected chi connectivity index (χ2v) is 3.92. The molecule has 4 nitrogen and oxygen atoms in total. The quantitative estimate of drug-likeness (QED) is 0.720. The minimum absolute atomic E-state index is 0.0460. The standard InChI is InChI=1S/C14H11N3O/c18-12-7-9-15-11-6-8-16-14(13(11)12)17-10-4-2-1-3-5-10/h1-9H,(H,15,18)(H,16,17). The van der Waals surface area contributed by atoms with Crippen LogP contribution >= 0.6 is 0 Å². The Balaban J connectivity index is 2.15. The number of fused-ring (bicyclic) bond motifs is 1. The number of anilines is 2. The summed E-state index contributed by atoms with van der Waals surface area (Å²) < 4.78 is 0. The van der Waals surface area contributed by atoms with Crippen molar-refractivity contribution in [1.82, 2.24) is 9.97 Å². The molecule has 0 aliphatic carbocycles. The fourth-order valence-corrected chi connectivity index (χ4v) is 1.87. The summed E-state index contributed by atoms with van der Waals surface area (Å²) in [6, 6.07) is 12.9. The van der Waals surface area contributed by atoms with E-state index < -0.39 is 0 Å². The van der Waals surface area contributed by atoms with Gasteiger partial charge in [0.1, 0.15) is 5.82 Å². The van der Waals surface area contributed by atoms with Crippen LogP contribution in [0, 0.1) is 0 Å². The number of aromatic nitrogens is 2. The van der Waals surface area contributed by atoms with Gasteiger partial charge in [0.05, 0.1) is 10.9 Å². The molecule has 3 rings (SSSR count). The molecule has 0 unspecified atom stereocenters. The first-order valence-corrected chi connectivity index (χ1v) is 5.63. The number of H-pyrrole nitrogens is 1. The number of rotatable bonds is 2. The van der Waals surface area contributed by atoms with Crippen LogP contribution in [0.4, 0.5) is 11.5 Å². The summed E-state index contributed by atoms with van der Waals surface area (Å²) in [4.78, 5) is 19.2. The van der Waals surface area contributed by atoms with Crippen molar-refractivity contribution in [3.63, 3.8) is 0 Å². The minimum atomic E-state index is -0.0460. The van der Waals surface area contributed by atoms with Gasteiger partial charge in [-0.05, 0) is 18.2 Å². The van der Waals surface area contributed by atoms with E-state index in [1.165, 1.54) is 6.07 Å². The lowest BCUT2D eigenvalue weighted by molar-refractivity contribution is 1.30. The number of benzene rings is 1. The molecule has 18 heavy (non-hydrogen) atoms. The predicted octanol–water partition coefficient (Wildman–Crippen LogP) is 2.67. The summed E-state index contributed by atoms with van der Waals surface area (Å²) in [6.45, 7) is 0. The summed E-state index contributed by atoms with van der Waals surface area (Å²) in [5.41, 5.74) is 1.63. The molecule has 0 atom stereocenters. The highest BCUT2D eigenvalue weighted by atomic mass is 16.1. The van der Waals surface area contributed by atoms with Crippen molar-refractivity contribution in [2.24, 2.45) is 0 Å². The molecule has 1 aromatic carbocycles. The van der Waals surface area contributed by atoms with E-state index in [-0.39, 0.29) is 5.43 Å². The van der Waals surface area contributed by atoms with E-state index in [4.69, 9.17) is 0 Å². The van der Waals surface area contributed by atoms with Crippen LogP contribution in [0.3, 0.4) is 0 Å². The number of aromatic amines is 1. The molecule has 2 N–H and O–H groups in total. The van der Waals surface area contributed by atoms with Crippen molar-refractivity contribution in [3.8, 4) is 0 Å². The van der Waals surface area contributed by atoms with E-state index in [9.17, 15) is 4.79 Å². The zero-order valence-corrected chi connectivity index (χ0v) is 9.55. The number of hydrogen-bond donors (Lipinski definition) is 2. The average molecular weight is 237 g/mol. The fraction of sp³-hybridized carbons (Fsp3) is 0. The second-order valence-electron chi connectivity index (χ2n) is 3.92. The van der Waals surface area contributed by atoms with Crippen LogP contribution in [0.15, 0.2) is 59.7 Å². The van der Waals surface area contributed by atoms with Crippen LogP contribution in [-0.2, 0) is 0 Å². The van der Waals surface area contributed by atoms with E-state index in [0.717, 1.165) is 11.2 Å². The summed E-state index contributed by atoms with van der Waals surface area (Å²) in [5.74, 6) is 0.570. The Kier molecular flexibility index (Phi) is 2.53. The molecule has 4 heteroatoms. The highest BCUT2D eigenvalue weighted by Gasteiger charge is 2.05. The zero-order chi connectivity index (χ0) is 12.4. The number of hydrogen-bond acceptors (Lipinski definition) is 3. The Bertz CT molecular complexity index is 729. The topological polar surface area (TPSA) is 57.8 Å². The van der Waals surface area contributed by atoms with Crippen molar-refractivity contribution in [3.05, 3.63) is 65.1 Å². The molecule has 0 saturated carbocycles. The maximum absolute atomic E-state index is 11.9. The first-order chi connectivity index (χ1) is 8.84. The molecule has 0 amide bonds. The van der Waals surface area contributed by atoms with Gasteiger partial charge in [-0.25, -0.2) is 4.98 Å². The van der Waals surface area contributed by atoms with Crippen LogP contribution in [-0.4, -0.2) is 9.97 Å². The third-order valence-corrected chi connectivity index (χ3v) is 2.71. The van der Waals surface area contributed by atoms with Crippen LogP contribution in [0.2, 0.25) is 0 Å². The van der Waals surface area contributed by atoms with Gasteiger partial charge < -0.3 is 10.3 Å². The number of pyridine rings is 2. The Morgan fingerprint density at radius 1 is 1.06 bits per heavy atom. The normalized spacial score (nSPS) is 10.4. The lowest BCUT2D eigenvalue weighted by Crippen LogP contribution is -2.05. The molecule has 0 radical (unpaired) electrons. The Morgan fingerprint density at radius 2 is 1.89 bits per heavy atom. The Hall–Kier alpha value is -2.62. The summed E-state index contributed by atoms with van der Waals surface area (Å²) >= 11 is 0. The van der Waals surface area contributed by atoms with Gasteiger partial charge in [-0.2, -0.15) is 0 Å². The predicted molar refractivity (Wildman–Crippen MR) is 72.1 cm³/mol. The van der Waals surface area contributed by atoms with Crippen molar-refractivity contribution in [2.45, 2.75) is 0 Å². The molecule has 0 saturated heterocycles. The Labute approximate surface area is 103 Å². The molecular weight excluding hydrogens is 226 g/mol. The van der Waals surface area contributed by atoms with Crippen molar-refractivity contribution < 1.29 is 0 Å². The van der Waals surface area contributed by atoms with Gasteiger partial charge in [0.25, 0.3) is 0 Å².